The van der Waals surface area contributed by atoms with Crippen LogP contribution in [0.15, 0.2) is 0 Å². The first-order valence-electron chi connectivity index (χ1n) is 8.61. The molecule has 0 spiro atoms. The Morgan fingerprint density at radius 3 is 2.65 bits per heavy atom. The molecule has 23 heavy (non-hydrogen) atoms. The standard InChI is InChI=1S/C17H23N3O2S/c18-11-5-6-13-12(7-11)14(16(22)19-8-9-1-2-9)17(23-13)20-15(21)10-3-4-10/h9-11H,1-8,18H2,(H,19,22)(H,20,21). The summed E-state index contributed by atoms with van der Waals surface area (Å²) >= 11 is 1.57. The predicted octanol–water partition coefficient (Wildman–Crippen LogP) is 2.05. The van der Waals surface area contributed by atoms with Crippen molar-refractivity contribution in [2.24, 2.45) is 17.6 Å². The number of nitrogens with one attached hydrogen (secondary N) is 2. The lowest BCUT2D eigenvalue weighted by Gasteiger charge is -2.19. The van der Waals surface area contributed by atoms with Crippen LogP contribution in [0, 0.1) is 11.8 Å². The molecule has 0 aromatic carbocycles. The summed E-state index contributed by atoms with van der Waals surface area (Å²) in [5.74, 6) is 0.790. The highest BCUT2D eigenvalue weighted by atomic mass is 32.1. The zero-order valence-corrected chi connectivity index (χ0v) is 14.0. The van der Waals surface area contributed by atoms with Gasteiger partial charge in [-0.05, 0) is 56.4 Å². The van der Waals surface area contributed by atoms with Gasteiger partial charge in [-0.25, -0.2) is 0 Å². The Morgan fingerprint density at radius 1 is 1.17 bits per heavy atom. The van der Waals surface area contributed by atoms with E-state index in [2.05, 4.69) is 10.6 Å². The molecule has 1 unspecified atom stereocenters. The highest BCUT2D eigenvalue weighted by Gasteiger charge is 2.33. The topological polar surface area (TPSA) is 84.2 Å². The largest absolute Gasteiger partial charge is 0.352 e. The Kier molecular flexibility index (Phi) is 3.89. The van der Waals surface area contributed by atoms with Crippen LogP contribution in [-0.2, 0) is 17.6 Å². The van der Waals surface area contributed by atoms with Crippen molar-refractivity contribution >= 4 is 28.2 Å². The molecule has 1 atom stereocenters. The van der Waals surface area contributed by atoms with Gasteiger partial charge in [0.25, 0.3) is 5.91 Å². The van der Waals surface area contributed by atoms with E-state index in [9.17, 15) is 9.59 Å². The van der Waals surface area contributed by atoms with Crippen LogP contribution < -0.4 is 16.4 Å². The molecule has 4 N–H and O–H groups in total. The highest BCUT2D eigenvalue weighted by Crippen LogP contribution is 2.39. The molecule has 2 amide bonds. The van der Waals surface area contributed by atoms with Crippen LogP contribution >= 0.6 is 11.3 Å². The minimum Gasteiger partial charge on any atom is -0.352 e. The minimum atomic E-state index is -0.0467. The molecular weight excluding hydrogens is 310 g/mol. The molecule has 124 valence electrons. The number of hydrogen-bond acceptors (Lipinski definition) is 4. The number of thiophene rings is 1. The van der Waals surface area contributed by atoms with E-state index in [0.29, 0.717) is 11.5 Å². The summed E-state index contributed by atoms with van der Waals surface area (Å²) in [5, 5.41) is 6.78. The molecule has 0 bridgehead atoms. The number of nitrogens with two attached hydrogens (primary N) is 1. The quantitative estimate of drug-likeness (QED) is 0.771. The first-order valence-corrected chi connectivity index (χ1v) is 9.42. The van der Waals surface area contributed by atoms with Gasteiger partial charge in [-0.2, -0.15) is 0 Å². The average Bonchev–Trinajstić information content (AvgIpc) is 3.42. The van der Waals surface area contributed by atoms with Gasteiger partial charge in [-0.3, -0.25) is 9.59 Å². The van der Waals surface area contributed by atoms with Crippen molar-refractivity contribution in [1.29, 1.82) is 0 Å². The normalized spacial score (nSPS) is 23.3. The van der Waals surface area contributed by atoms with Gasteiger partial charge in [0.1, 0.15) is 5.00 Å². The number of rotatable bonds is 5. The molecule has 3 aliphatic carbocycles. The van der Waals surface area contributed by atoms with E-state index in [1.54, 1.807) is 11.3 Å². The second-order valence-corrected chi connectivity index (χ2v) is 8.23. The van der Waals surface area contributed by atoms with Gasteiger partial charge < -0.3 is 16.4 Å². The van der Waals surface area contributed by atoms with E-state index in [4.69, 9.17) is 5.73 Å². The average molecular weight is 333 g/mol. The van der Waals surface area contributed by atoms with Crippen molar-refractivity contribution in [2.75, 3.05) is 11.9 Å². The van der Waals surface area contributed by atoms with Crippen LogP contribution in [0.4, 0.5) is 5.00 Å². The molecule has 4 rings (SSSR count). The molecule has 1 heterocycles. The third-order valence-electron chi connectivity index (χ3n) is 4.96. The second-order valence-electron chi connectivity index (χ2n) is 7.13. The maximum atomic E-state index is 12.7. The number of aryl methyl sites for hydroxylation is 1. The van der Waals surface area contributed by atoms with Crippen molar-refractivity contribution in [2.45, 2.75) is 51.0 Å². The van der Waals surface area contributed by atoms with Crippen LogP contribution in [0.3, 0.4) is 0 Å². The smallest absolute Gasteiger partial charge is 0.254 e. The number of anilines is 1. The van der Waals surface area contributed by atoms with Gasteiger partial charge in [0.2, 0.25) is 5.91 Å². The van der Waals surface area contributed by atoms with Gasteiger partial charge in [0.15, 0.2) is 0 Å². The van der Waals surface area contributed by atoms with Crippen LogP contribution in [0.25, 0.3) is 0 Å². The zero-order chi connectivity index (χ0) is 16.0. The first-order chi connectivity index (χ1) is 11.1. The maximum Gasteiger partial charge on any atom is 0.254 e. The fraction of sp³-hybridized carbons (Fsp3) is 0.647. The lowest BCUT2D eigenvalue weighted by atomic mass is 9.91. The number of hydrogen-bond donors (Lipinski definition) is 3. The number of amides is 2. The third kappa shape index (κ3) is 3.28. The second kappa shape index (κ2) is 5.91. The Morgan fingerprint density at radius 2 is 1.96 bits per heavy atom. The van der Waals surface area contributed by atoms with Gasteiger partial charge in [-0.15, -0.1) is 11.3 Å². The van der Waals surface area contributed by atoms with E-state index < -0.39 is 0 Å². The number of carbonyl (C=O) groups excluding carboxylic acids is 2. The zero-order valence-electron chi connectivity index (χ0n) is 13.2. The highest BCUT2D eigenvalue weighted by molar-refractivity contribution is 7.17. The summed E-state index contributed by atoms with van der Waals surface area (Å²) in [7, 11) is 0. The van der Waals surface area contributed by atoms with Crippen LogP contribution in [-0.4, -0.2) is 24.4 Å². The lowest BCUT2D eigenvalue weighted by molar-refractivity contribution is -0.117. The summed E-state index contributed by atoms with van der Waals surface area (Å²) in [6.07, 6.45) is 6.93. The maximum absolute atomic E-state index is 12.7. The van der Waals surface area contributed by atoms with Gasteiger partial charge in [-0.1, -0.05) is 0 Å². The first kappa shape index (κ1) is 15.1. The van der Waals surface area contributed by atoms with E-state index in [1.807, 2.05) is 0 Å². The van der Waals surface area contributed by atoms with Crippen LogP contribution in [0.5, 0.6) is 0 Å². The molecule has 6 heteroatoms. The molecule has 3 aliphatic rings. The molecule has 2 fully saturated rings. The molecule has 0 aliphatic heterocycles. The molecule has 2 saturated carbocycles. The summed E-state index contributed by atoms with van der Waals surface area (Å²) in [6, 6.07) is 0.110. The van der Waals surface area contributed by atoms with Crippen LogP contribution in [0.2, 0.25) is 0 Å². The fourth-order valence-corrected chi connectivity index (χ4v) is 4.39. The van der Waals surface area contributed by atoms with Gasteiger partial charge in [0, 0.05) is 23.4 Å². The van der Waals surface area contributed by atoms with Crippen molar-refractivity contribution in [3.63, 3.8) is 0 Å². The third-order valence-corrected chi connectivity index (χ3v) is 6.17. The monoisotopic (exact) mass is 333 g/mol. The van der Waals surface area contributed by atoms with E-state index in [0.717, 1.165) is 49.2 Å². The van der Waals surface area contributed by atoms with Crippen molar-refractivity contribution in [1.82, 2.24) is 5.32 Å². The predicted molar refractivity (Wildman–Crippen MR) is 90.7 cm³/mol. The Balaban J connectivity index is 1.60. The van der Waals surface area contributed by atoms with E-state index in [1.165, 1.54) is 17.7 Å². The summed E-state index contributed by atoms with van der Waals surface area (Å²) in [5.41, 5.74) is 7.84. The van der Waals surface area contributed by atoms with E-state index in [-0.39, 0.29) is 23.8 Å². The van der Waals surface area contributed by atoms with E-state index >= 15 is 0 Å². The number of fused-ring (bicyclic) bond motifs is 1. The molecule has 1 aromatic rings. The van der Waals surface area contributed by atoms with Crippen molar-refractivity contribution < 1.29 is 9.59 Å². The Labute approximate surface area is 140 Å². The molecular formula is C17H23N3O2S. The Bertz CT molecular complexity index is 647. The fourth-order valence-electron chi connectivity index (χ4n) is 3.15. The van der Waals surface area contributed by atoms with Crippen molar-refractivity contribution in [3.8, 4) is 0 Å². The molecule has 0 saturated heterocycles. The van der Waals surface area contributed by atoms with Crippen molar-refractivity contribution in [3.05, 3.63) is 16.0 Å². The van der Waals surface area contributed by atoms with Gasteiger partial charge >= 0.3 is 0 Å². The molecule has 5 nitrogen and oxygen atoms in total. The van der Waals surface area contributed by atoms with Gasteiger partial charge in [0.05, 0.1) is 5.56 Å². The molecule has 0 radical (unpaired) electrons. The lowest BCUT2D eigenvalue weighted by Crippen LogP contribution is -2.31. The SMILES string of the molecule is NC1CCc2sc(NC(=O)C3CC3)c(C(=O)NCC3CC3)c2C1. The summed E-state index contributed by atoms with van der Waals surface area (Å²) in [6.45, 7) is 0.742. The summed E-state index contributed by atoms with van der Waals surface area (Å²) < 4.78 is 0. The summed E-state index contributed by atoms with van der Waals surface area (Å²) in [4.78, 5) is 26.1. The molecule has 1 aromatic heterocycles. The minimum absolute atomic E-state index is 0.0467. The van der Waals surface area contributed by atoms with Crippen LogP contribution in [0.1, 0.15) is 52.9 Å². The number of carbonyl (C=O) groups is 2. The Hall–Kier alpha value is -1.40.